The molecular formula is C14H14ClNO2. The fourth-order valence-electron chi connectivity index (χ4n) is 1.95. The van der Waals surface area contributed by atoms with Crippen molar-refractivity contribution in [3.05, 3.63) is 35.5 Å². The number of pyridine rings is 1. The predicted molar refractivity (Wildman–Crippen MR) is 71.2 cm³/mol. The second-order valence-corrected chi connectivity index (χ2v) is 5.54. The third kappa shape index (κ3) is 2.28. The maximum atomic E-state index is 5.97. The van der Waals surface area contributed by atoms with Crippen LogP contribution in [-0.2, 0) is 4.74 Å². The minimum atomic E-state index is 0.142. The van der Waals surface area contributed by atoms with Gasteiger partial charge < -0.3 is 9.47 Å². The van der Waals surface area contributed by atoms with Gasteiger partial charge in [0.05, 0.1) is 31.5 Å². The van der Waals surface area contributed by atoms with Crippen LogP contribution in [0, 0.1) is 5.41 Å². The summed E-state index contributed by atoms with van der Waals surface area (Å²) in [5, 5.41) is 1.70. The van der Waals surface area contributed by atoms with E-state index in [-0.39, 0.29) is 5.41 Å². The van der Waals surface area contributed by atoms with Crippen molar-refractivity contribution in [3.63, 3.8) is 0 Å². The molecule has 2 aromatic rings. The zero-order valence-corrected chi connectivity index (χ0v) is 10.9. The van der Waals surface area contributed by atoms with Gasteiger partial charge in [-0.25, -0.2) is 0 Å². The van der Waals surface area contributed by atoms with Gasteiger partial charge in [-0.2, -0.15) is 0 Å². The normalized spacial score (nSPS) is 17.4. The average molecular weight is 264 g/mol. The van der Waals surface area contributed by atoms with Crippen molar-refractivity contribution in [2.75, 3.05) is 19.8 Å². The average Bonchev–Trinajstić information content (AvgIpc) is 2.33. The molecule has 0 saturated carbocycles. The van der Waals surface area contributed by atoms with Crippen molar-refractivity contribution in [3.8, 4) is 5.75 Å². The molecule has 4 heteroatoms. The molecule has 0 atom stereocenters. The third-order valence-electron chi connectivity index (χ3n) is 3.11. The number of nitrogens with zero attached hydrogens (tertiary/aromatic N) is 1. The number of hydrogen-bond donors (Lipinski definition) is 0. The van der Waals surface area contributed by atoms with Crippen LogP contribution in [0.2, 0.25) is 5.02 Å². The van der Waals surface area contributed by atoms with Gasteiger partial charge in [-0.05, 0) is 24.3 Å². The number of aromatic nitrogens is 1. The second kappa shape index (κ2) is 4.41. The first-order chi connectivity index (χ1) is 8.65. The van der Waals surface area contributed by atoms with E-state index in [0.717, 1.165) is 29.9 Å². The lowest BCUT2D eigenvalue weighted by Gasteiger charge is -2.37. The SMILES string of the molecule is CC1(COc2cnc3ccc(Cl)cc3c2)COC1. The molecule has 1 aliphatic rings. The number of hydrogen-bond acceptors (Lipinski definition) is 3. The lowest BCUT2D eigenvalue weighted by atomic mass is 9.90. The molecule has 0 spiro atoms. The van der Waals surface area contributed by atoms with Gasteiger partial charge >= 0.3 is 0 Å². The van der Waals surface area contributed by atoms with Crippen LogP contribution in [0.15, 0.2) is 30.5 Å². The number of rotatable bonds is 3. The van der Waals surface area contributed by atoms with Crippen LogP contribution in [0.1, 0.15) is 6.92 Å². The van der Waals surface area contributed by atoms with Crippen LogP contribution in [-0.4, -0.2) is 24.8 Å². The number of halogens is 1. The van der Waals surface area contributed by atoms with Gasteiger partial charge in [0.15, 0.2) is 0 Å². The highest BCUT2D eigenvalue weighted by molar-refractivity contribution is 6.31. The van der Waals surface area contributed by atoms with Gasteiger partial charge in [0.2, 0.25) is 0 Å². The number of ether oxygens (including phenoxy) is 2. The minimum absolute atomic E-state index is 0.142. The standard InChI is InChI=1S/C14H14ClNO2/c1-14(7-17-8-14)9-18-12-5-10-4-11(15)2-3-13(10)16-6-12/h2-6H,7-9H2,1H3. The molecule has 1 saturated heterocycles. The first-order valence-corrected chi connectivity index (χ1v) is 6.28. The Morgan fingerprint density at radius 1 is 1.39 bits per heavy atom. The van der Waals surface area contributed by atoms with Crippen molar-refractivity contribution in [1.29, 1.82) is 0 Å². The Kier molecular flexibility index (Phi) is 2.88. The van der Waals surface area contributed by atoms with Gasteiger partial charge in [0.25, 0.3) is 0 Å². The summed E-state index contributed by atoms with van der Waals surface area (Å²) >= 11 is 5.97. The van der Waals surface area contributed by atoms with Crippen LogP contribution in [0.4, 0.5) is 0 Å². The van der Waals surface area contributed by atoms with Crippen LogP contribution < -0.4 is 4.74 Å². The van der Waals surface area contributed by atoms with Gasteiger partial charge in [0, 0.05) is 15.8 Å². The molecule has 1 aromatic heterocycles. The molecule has 0 radical (unpaired) electrons. The van der Waals surface area contributed by atoms with E-state index in [4.69, 9.17) is 21.1 Å². The van der Waals surface area contributed by atoms with E-state index in [1.807, 2.05) is 24.3 Å². The topological polar surface area (TPSA) is 31.4 Å². The maximum Gasteiger partial charge on any atom is 0.138 e. The van der Waals surface area contributed by atoms with Crippen LogP contribution in [0.5, 0.6) is 5.75 Å². The molecule has 18 heavy (non-hydrogen) atoms. The lowest BCUT2D eigenvalue weighted by Crippen LogP contribution is -2.44. The summed E-state index contributed by atoms with van der Waals surface area (Å²) < 4.78 is 11.0. The molecule has 0 bridgehead atoms. The Morgan fingerprint density at radius 2 is 2.22 bits per heavy atom. The zero-order valence-electron chi connectivity index (χ0n) is 10.1. The van der Waals surface area contributed by atoms with Crippen molar-refractivity contribution in [2.24, 2.45) is 5.41 Å². The van der Waals surface area contributed by atoms with E-state index in [2.05, 4.69) is 11.9 Å². The summed E-state index contributed by atoms with van der Waals surface area (Å²) in [5.41, 5.74) is 1.06. The first-order valence-electron chi connectivity index (χ1n) is 5.91. The Hall–Kier alpha value is -1.32. The summed E-state index contributed by atoms with van der Waals surface area (Å²) in [6.07, 6.45) is 1.75. The number of fused-ring (bicyclic) bond motifs is 1. The highest BCUT2D eigenvalue weighted by atomic mass is 35.5. The van der Waals surface area contributed by atoms with E-state index in [9.17, 15) is 0 Å². The molecule has 0 unspecified atom stereocenters. The van der Waals surface area contributed by atoms with E-state index in [0.29, 0.717) is 11.6 Å². The maximum absolute atomic E-state index is 5.97. The smallest absolute Gasteiger partial charge is 0.138 e. The Bertz CT molecular complexity index is 581. The monoisotopic (exact) mass is 263 g/mol. The quantitative estimate of drug-likeness (QED) is 0.851. The van der Waals surface area contributed by atoms with E-state index < -0.39 is 0 Å². The summed E-state index contributed by atoms with van der Waals surface area (Å²) in [7, 11) is 0. The molecule has 1 aromatic carbocycles. The molecule has 0 aliphatic carbocycles. The molecule has 1 aliphatic heterocycles. The Balaban J connectivity index is 1.79. The van der Waals surface area contributed by atoms with E-state index >= 15 is 0 Å². The molecule has 94 valence electrons. The van der Waals surface area contributed by atoms with Gasteiger partial charge in [-0.1, -0.05) is 18.5 Å². The van der Waals surface area contributed by atoms with Gasteiger partial charge in [0.1, 0.15) is 5.75 Å². The Labute approximate surface area is 111 Å². The molecule has 3 rings (SSSR count). The summed E-state index contributed by atoms with van der Waals surface area (Å²) in [6, 6.07) is 7.61. The van der Waals surface area contributed by atoms with Crippen molar-refractivity contribution in [2.45, 2.75) is 6.92 Å². The van der Waals surface area contributed by atoms with Gasteiger partial charge in [-0.3, -0.25) is 4.98 Å². The predicted octanol–water partition coefficient (Wildman–Crippen LogP) is 3.30. The Morgan fingerprint density at radius 3 is 2.94 bits per heavy atom. The van der Waals surface area contributed by atoms with Crippen LogP contribution >= 0.6 is 11.6 Å². The molecular weight excluding hydrogens is 250 g/mol. The van der Waals surface area contributed by atoms with Crippen LogP contribution in [0.25, 0.3) is 10.9 Å². The summed E-state index contributed by atoms with van der Waals surface area (Å²) in [5.74, 6) is 0.776. The van der Waals surface area contributed by atoms with Crippen molar-refractivity contribution in [1.82, 2.24) is 4.98 Å². The molecule has 0 N–H and O–H groups in total. The lowest BCUT2D eigenvalue weighted by molar-refractivity contribution is -0.120. The summed E-state index contributed by atoms with van der Waals surface area (Å²) in [4.78, 5) is 4.35. The molecule has 2 heterocycles. The van der Waals surface area contributed by atoms with Crippen molar-refractivity contribution >= 4 is 22.5 Å². The highest BCUT2D eigenvalue weighted by Gasteiger charge is 2.34. The molecule has 3 nitrogen and oxygen atoms in total. The van der Waals surface area contributed by atoms with Gasteiger partial charge in [-0.15, -0.1) is 0 Å². The zero-order chi connectivity index (χ0) is 12.6. The molecule has 1 fully saturated rings. The largest absolute Gasteiger partial charge is 0.491 e. The van der Waals surface area contributed by atoms with E-state index in [1.165, 1.54) is 0 Å². The second-order valence-electron chi connectivity index (χ2n) is 5.10. The van der Waals surface area contributed by atoms with Crippen LogP contribution in [0.3, 0.4) is 0 Å². The highest BCUT2D eigenvalue weighted by Crippen LogP contribution is 2.28. The minimum Gasteiger partial charge on any atom is -0.491 e. The summed E-state index contributed by atoms with van der Waals surface area (Å²) in [6.45, 7) is 4.34. The fraction of sp³-hybridized carbons (Fsp3) is 0.357. The molecule has 0 amide bonds. The van der Waals surface area contributed by atoms with Crippen molar-refractivity contribution < 1.29 is 9.47 Å². The number of benzene rings is 1. The third-order valence-corrected chi connectivity index (χ3v) is 3.34. The van der Waals surface area contributed by atoms with E-state index in [1.54, 1.807) is 6.20 Å². The first kappa shape index (κ1) is 11.8. The fourth-order valence-corrected chi connectivity index (χ4v) is 2.13.